The minimum atomic E-state index is -1.14. The highest BCUT2D eigenvalue weighted by Crippen LogP contribution is 2.03. The number of rotatable bonds is 7. The molecule has 1 rings (SSSR count). The number of ether oxygens (including phenoxy) is 1. The molecule has 0 saturated carbocycles. The van der Waals surface area contributed by atoms with Crippen LogP contribution in [-0.4, -0.2) is 42.4 Å². The molecule has 0 bridgehead atoms. The zero-order valence-electron chi connectivity index (χ0n) is 11.2. The summed E-state index contributed by atoms with van der Waals surface area (Å²) in [6.07, 6.45) is -0.772. The van der Waals surface area contributed by atoms with E-state index >= 15 is 0 Å². The molecule has 3 amide bonds. The summed E-state index contributed by atoms with van der Waals surface area (Å²) >= 11 is 0. The summed E-state index contributed by atoms with van der Waals surface area (Å²) in [5.41, 5.74) is 5.54. The van der Waals surface area contributed by atoms with Crippen LogP contribution in [0.2, 0.25) is 0 Å². The number of nitrogens with two attached hydrogens (primary N) is 1. The molecule has 1 unspecified atom stereocenters. The molecule has 0 radical (unpaired) electrons. The van der Waals surface area contributed by atoms with Crippen LogP contribution in [0.5, 0.6) is 0 Å². The van der Waals surface area contributed by atoms with Crippen molar-refractivity contribution in [2.75, 3.05) is 13.2 Å². The van der Waals surface area contributed by atoms with Gasteiger partial charge in [-0.1, -0.05) is 30.3 Å². The van der Waals surface area contributed by atoms with E-state index in [1.165, 1.54) is 0 Å². The third-order valence-corrected chi connectivity index (χ3v) is 2.52. The molecule has 1 aromatic carbocycles. The van der Waals surface area contributed by atoms with Gasteiger partial charge < -0.3 is 26.2 Å². The summed E-state index contributed by atoms with van der Waals surface area (Å²) in [6.45, 7) is -0.0500. The van der Waals surface area contributed by atoms with Crippen LogP contribution < -0.4 is 16.4 Å². The van der Waals surface area contributed by atoms with Gasteiger partial charge in [0, 0.05) is 6.42 Å². The molecule has 0 aromatic heterocycles. The lowest BCUT2D eigenvalue weighted by Gasteiger charge is -2.15. The summed E-state index contributed by atoms with van der Waals surface area (Å²) in [7, 11) is 0. The largest absolute Gasteiger partial charge is 0.480 e. The third kappa shape index (κ3) is 6.81. The Labute approximate surface area is 121 Å². The highest BCUT2D eigenvalue weighted by atomic mass is 16.5. The molecule has 0 aliphatic carbocycles. The fourth-order valence-corrected chi connectivity index (χ4v) is 1.58. The van der Waals surface area contributed by atoms with Crippen molar-refractivity contribution in [3.05, 3.63) is 35.9 Å². The maximum absolute atomic E-state index is 11.5. The number of benzene rings is 1. The van der Waals surface area contributed by atoms with Gasteiger partial charge in [-0.15, -0.1) is 0 Å². The highest BCUT2D eigenvalue weighted by molar-refractivity contribution is 5.82. The van der Waals surface area contributed by atoms with Crippen LogP contribution in [0.25, 0.3) is 0 Å². The van der Waals surface area contributed by atoms with E-state index in [0.29, 0.717) is 0 Å². The summed E-state index contributed by atoms with van der Waals surface area (Å²) in [5, 5.41) is 13.8. The first kappa shape index (κ1) is 16.3. The number of amides is 3. The molecular weight excluding hydrogens is 278 g/mol. The molecular formula is C13H17N3O5. The second-order valence-electron chi connectivity index (χ2n) is 4.15. The van der Waals surface area contributed by atoms with Crippen LogP contribution in [-0.2, 0) is 16.0 Å². The molecule has 0 heterocycles. The van der Waals surface area contributed by atoms with Crippen LogP contribution in [0.4, 0.5) is 9.59 Å². The Bertz CT molecular complexity index is 492. The zero-order valence-corrected chi connectivity index (χ0v) is 11.2. The lowest BCUT2D eigenvalue weighted by molar-refractivity contribution is -0.139. The predicted octanol–water partition coefficient (Wildman–Crippen LogP) is 0.0768. The second-order valence-corrected chi connectivity index (χ2v) is 4.15. The molecule has 0 spiro atoms. The smallest absolute Gasteiger partial charge is 0.404 e. The van der Waals surface area contributed by atoms with Crippen LogP contribution in [0, 0.1) is 0 Å². The van der Waals surface area contributed by atoms with E-state index in [9.17, 15) is 14.4 Å². The van der Waals surface area contributed by atoms with E-state index in [4.69, 9.17) is 10.8 Å². The molecule has 1 atom stereocenters. The van der Waals surface area contributed by atoms with Crippen molar-refractivity contribution in [3.63, 3.8) is 0 Å². The fourth-order valence-electron chi connectivity index (χ4n) is 1.58. The number of carboxylic acid groups (broad SMARTS) is 1. The molecule has 1 aromatic rings. The van der Waals surface area contributed by atoms with Crippen molar-refractivity contribution in [3.8, 4) is 0 Å². The number of carbonyl (C=O) groups excluding carboxylic acids is 2. The van der Waals surface area contributed by atoms with Crippen molar-refractivity contribution in [2.24, 2.45) is 5.73 Å². The van der Waals surface area contributed by atoms with Gasteiger partial charge >= 0.3 is 18.1 Å². The van der Waals surface area contributed by atoms with Gasteiger partial charge in [0.15, 0.2) is 0 Å². The van der Waals surface area contributed by atoms with Crippen LogP contribution in [0.3, 0.4) is 0 Å². The number of nitrogens with one attached hydrogen (secondary N) is 2. The first-order valence-corrected chi connectivity index (χ1v) is 6.22. The number of aliphatic carboxylic acids is 1. The number of carbonyl (C=O) groups is 3. The topological polar surface area (TPSA) is 131 Å². The monoisotopic (exact) mass is 295 g/mol. The van der Waals surface area contributed by atoms with Gasteiger partial charge in [-0.2, -0.15) is 0 Å². The van der Waals surface area contributed by atoms with Gasteiger partial charge in [-0.25, -0.2) is 14.4 Å². The summed E-state index contributed by atoms with van der Waals surface area (Å²) < 4.78 is 4.42. The molecule has 21 heavy (non-hydrogen) atoms. The van der Waals surface area contributed by atoms with Crippen molar-refractivity contribution in [1.82, 2.24) is 10.6 Å². The number of primary amides is 1. The van der Waals surface area contributed by atoms with Crippen molar-refractivity contribution in [2.45, 2.75) is 12.5 Å². The van der Waals surface area contributed by atoms with Crippen molar-refractivity contribution in [1.29, 1.82) is 0 Å². The summed E-state index contributed by atoms with van der Waals surface area (Å²) in [6, 6.07) is 7.23. The molecule has 8 nitrogen and oxygen atoms in total. The minimum Gasteiger partial charge on any atom is -0.480 e. The van der Waals surface area contributed by atoms with E-state index in [0.717, 1.165) is 5.56 Å². The van der Waals surface area contributed by atoms with E-state index < -0.39 is 24.1 Å². The first-order chi connectivity index (χ1) is 9.99. The zero-order chi connectivity index (χ0) is 15.7. The Hall–Kier alpha value is -2.77. The average molecular weight is 295 g/mol. The van der Waals surface area contributed by atoms with Crippen molar-refractivity contribution < 1.29 is 24.2 Å². The Morgan fingerprint density at radius 1 is 1.24 bits per heavy atom. The Balaban J connectivity index is 2.41. The fraction of sp³-hybridized carbons (Fsp3) is 0.308. The van der Waals surface area contributed by atoms with Gasteiger partial charge in [0.2, 0.25) is 0 Å². The molecule has 0 fully saturated rings. The van der Waals surface area contributed by atoms with Crippen molar-refractivity contribution >= 4 is 18.1 Å². The number of hydrogen-bond donors (Lipinski definition) is 4. The van der Waals surface area contributed by atoms with E-state index in [1.807, 2.05) is 6.07 Å². The highest BCUT2D eigenvalue weighted by Gasteiger charge is 2.20. The first-order valence-electron chi connectivity index (χ1n) is 6.22. The number of carboxylic acids is 1. The second kappa shape index (κ2) is 8.41. The number of hydrogen-bond acceptors (Lipinski definition) is 4. The molecule has 0 saturated heterocycles. The van der Waals surface area contributed by atoms with Crippen LogP contribution in [0.1, 0.15) is 5.56 Å². The van der Waals surface area contributed by atoms with Gasteiger partial charge in [0.25, 0.3) is 0 Å². The van der Waals surface area contributed by atoms with Crippen LogP contribution in [0.15, 0.2) is 30.3 Å². The minimum absolute atomic E-state index is 0.0342. The van der Waals surface area contributed by atoms with Crippen LogP contribution >= 0.6 is 0 Å². The predicted molar refractivity (Wildman–Crippen MR) is 73.6 cm³/mol. The maximum atomic E-state index is 11.5. The van der Waals surface area contributed by atoms with Gasteiger partial charge in [-0.05, 0) is 5.56 Å². The standard InChI is InChI=1S/C13H17N3O5/c14-12(19)21-7-6-15-13(20)16-10(11(17)18)8-9-4-2-1-3-5-9/h1-5,10H,6-8H2,(H2,14,19)(H,17,18)(H2,15,16,20). The normalized spacial score (nSPS) is 11.2. The number of urea groups is 1. The molecule has 114 valence electrons. The van der Waals surface area contributed by atoms with E-state index in [-0.39, 0.29) is 19.6 Å². The molecule has 8 heteroatoms. The molecule has 0 aliphatic heterocycles. The molecule has 0 aliphatic rings. The Morgan fingerprint density at radius 2 is 1.90 bits per heavy atom. The summed E-state index contributed by atoms with van der Waals surface area (Å²) in [4.78, 5) is 33.0. The maximum Gasteiger partial charge on any atom is 0.404 e. The van der Waals surface area contributed by atoms with Gasteiger partial charge in [0.05, 0.1) is 6.54 Å². The quantitative estimate of drug-likeness (QED) is 0.529. The third-order valence-electron chi connectivity index (χ3n) is 2.52. The van der Waals surface area contributed by atoms with Gasteiger partial charge in [-0.3, -0.25) is 0 Å². The lowest BCUT2D eigenvalue weighted by Crippen LogP contribution is -2.47. The summed E-state index contributed by atoms with van der Waals surface area (Å²) in [5.74, 6) is -1.14. The molecule has 5 N–H and O–H groups in total. The Kier molecular flexibility index (Phi) is 6.52. The SMILES string of the molecule is NC(=O)OCCNC(=O)NC(Cc1ccccc1)C(=O)O. The Morgan fingerprint density at radius 3 is 2.48 bits per heavy atom. The van der Waals surface area contributed by atoms with E-state index in [2.05, 4.69) is 15.4 Å². The lowest BCUT2D eigenvalue weighted by atomic mass is 10.1. The van der Waals surface area contributed by atoms with E-state index in [1.54, 1.807) is 24.3 Å². The van der Waals surface area contributed by atoms with Gasteiger partial charge in [0.1, 0.15) is 12.6 Å². The average Bonchev–Trinajstić information content (AvgIpc) is 2.44.